The van der Waals surface area contributed by atoms with Crippen molar-refractivity contribution in [3.05, 3.63) is 11.6 Å². The van der Waals surface area contributed by atoms with Gasteiger partial charge in [-0.15, -0.1) is 5.10 Å². The van der Waals surface area contributed by atoms with Crippen LogP contribution >= 0.6 is 0 Å². The van der Waals surface area contributed by atoms with E-state index in [0.29, 0.717) is 11.9 Å². The van der Waals surface area contributed by atoms with E-state index in [-0.39, 0.29) is 11.8 Å². The van der Waals surface area contributed by atoms with E-state index in [9.17, 15) is 4.79 Å². The minimum absolute atomic E-state index is 0.0334. The summed E-state index contributed by atoms with van der Waals surface area (Å²) < 4.78 is 0. The monoisotopic (exact) mass is 279 g/mol. The molecule has 2 heterocycles. The molecule has 6 heteroatoms. The van der Waals surface area contributed by atoms with Crippen LogP contribution in [0.1, 0.15) is 61.9 Å². The highest BCUT2D eigenvalue weighted by atomic mass is 16.2. The fourth-order valence-electron chi connectivity index (χ4n) is 2.64. The Bertz CT molecular complexity index is 443. The Morgan fingerprint density at radius 3 is 2.95 bits per heavy atom. The topological polar surface area (TPSA) is 73.9 Å². The van der Waals surface area contributed by atoms with Gasteiger partial charge in [0.15, 0.2) is 0 Å². The van der Waals surface area contributed by atoms with Crippen molar-refractivity contribution >= 4 is 5.91 Å². The number of hydrogen-bond acceptors (Lipinski definition) is 4. The second kappa shape index (κ2) is 6.83. The molecule has 0 spiro atoms. The van der Waals surface area contributed by atoms with E-state index < -0.39 is 0 Å². The number of H-pyrrole nitrogens is 1. The molecule has 1 amide bonds. The van der Waals surface area contributed by atoms with E-state index in [0.717, 1.165) is 38.2 Å². The number of carbonyl (C=O) groups is 1. The van der Waals surface area contributed by atoms with Gasteiger partial charge in [0, 0.05) is 18.5 Å². The minimum Gasteiger partial charge on any atom is -0.333 e. The Hall–Kier alpha value is -1.43. The number of amides is 1. The highest BCUT2D eigenvalue weighted by Crippen LogP contribution is 2.21. The van der Waals surface area contributed by atoms with Crippen LogP contribution in [0.3, 0.4) is 0 Å². The SMILES string of the molecule is CNCCC1CCCCN1C(=O)c1n[nH]c(C(C)C)n1. The van der Waals surface area contributed by atoms with Crippen molar-refractivity contribution in [1.29, 1.82) is 0 Å². The molecule has 0 aliphatic carbocycles. The molecule has 1 aliphatic heterocycles. The molecule has 0 saturated carbocycles. The summed E-state index contributed by atoms with van der Waals surface area (Å²) in [5.41, 5.74) is 0. The molecule has 1 atom stereocenters. The zero-order valence-electron chi connectivity index (χ0n) is 12.6. The van der Waals surface area contributed by atoms with Crippen LogP contribution in [0.2, 0.25) is 0 Å². The molecule has 0 bridgehead atoms. The van der Waals surface area contributed by atoms with Crippen LogP contribution in [0.5, 0.6) is 0 Å². The maximum Gasteiger partial charge on any atom is 0.293 e. The number of hydrogen-bond donors (Lipinski definition) is 2. The first-order valence-electron chi connectivity index (χ1n) is 7.51. The number of nitrogens with zero attached hydrogens (tertiary/aromatic N) is 3. The van der Waals surface area contributed by atoms with Gasteiger partial charge in [0.05, 0.1) is 0 Å². The predicted octanol–water partition coefficient (Wildman–Crippen LogP) is 1.53. The van der Waals surface area contributed by atoms with Gasteiger partial charge in [-0.3, -0.25) is 9.89 Å². The van der Waals surface area contributed by atoms with Crippen molar-refractivity contribution in [2.75, 3.05) is 20.1 Å². The predicted molar refractivity (Wildman–Crippen MR) is 77.7 cm³/mol. The summed E-state index contributed by atoms with van der Waals surface area (Å²) in [7, 11) is 1.94. The summed E-state index contributed by atoms with van der Waals surface area (Å²) in [5.74, 6) is 1.31. The molecule has 112 valence electrons. The minimum atomic E-state index is -0.0334. The lowest BCUT2D eigenvalue weighted by atomic mass is 9.99. The second-order valence-corrected chi connectivity index (χ2v) is 5.74. The van der Waals surface area contributed by atoms with Gasteiger partial charge in [-0.1, -0.05) is 13.8 Å². The molecular weight excluding hydrogens is 254 g/mol. The number of aromatic nitrogens is 3. The number of likely N-dealkylation sites (tertiary alicyclic amines) is 1. The second-order valence-electron chi connectivity index (χ2n) is 5.74. The summed E-state index contributed by atoms with van der Waals surface area (Å²) in [6.07, 6.45) is 4.34. The van der Waals surface area contributed by atoms with Crippen LogP contribution in [0.4, 0.5) is 0 Å². The first-order chi connectivity index (χ1) is 9.63. The van der Waals surface area contributed by atoms with Crippen molar-refractivity contribution in [2.45, 2.75) is 51.5 Å². The molecule has 1 aromatic rings. The summed E-state index contributed by atoms with van der Waals surface area (Å²) in [6.45, 7) is 5.81. The summed E-state index contributed by atoms with van der Waals surface area (Å²) in [6, 6.07) is 0.310. The van der Waals surface area contributed by atoms with Crippen LogP contribution in [0, 0.1) is 0 Å². The third-order valence-electron chi connectivity index (χ3n) is 3.86. The standard InChI is InChI=1S/C14H25N5O/c1-10(2)12-16-13(18-17-12)14(20)19-9-5-4-6-11(19)7-8-15-3/h10-11,15H,4-9H2,1-3H3,(H,16,17,18). The molecular formula is C14H25N5O. The molecule has 1 saturated heterocycles. The quantitative estimate of drug-likeness (QED) is 0.857. The number of rotatable bonds is 5. The Balaban J connectivity index is 2.07. The van der Waals surface area contributed by atoms with Crippen LogP contribution in [0.15, 0.2) is 0 Å². The average molecular weight is 279 g/mol. The lowest BCUT2D eigenvalue weighted by molar-refractivity contribution is 0.0590. The maximum atomic E-state index is 12.6. The van der Waals surface area contributed by atoms with Crippen LogP contribution in [-0.2, 0) is 0 Å². The molecule has 0 aromatic carbocycles. The average Bonchev–Trinajstić information content (AvgIpc) is 2.94. The fourth-order valence-corrected chi connectivity index (χ4v) is 2.64. The van der Waals surface area contributed by atoms with E-state index in [1.54, 1.807) is 0 Å². The van der Waals surface area contributed by atoms with Crippen molar-refractivity contribution in [3.8, 4) is 0 Å². The lowest BCUT2D eigenvalue weighted by Crippen LogP contribution is -2.45. The molecule has 2 rings (SSSR count). The van der Waals surface area contributed by atoms with Gasteiger partial charge >= 0.3 is 0 Å². The normalized spacial score (nSPS) is 19.6. The van der Waals surface area contributed by atoms with Gasteiger partial charge in [0.25, 0.3) is 5.91 Å². The lowest BCUT2D eigenvalue weighted by Gasteiger charge is -2.35. The number of aromatic amines is 1. The van der Waals surface area contributed by atoms with Crippen LogP contribution < -0.4 is 5.32 Å². The summed E-state index contributed by atoms with van der Waals surface area (Å²) in [4.78, 5) is 18.8. The van der Waals surface area contributed by atoms with Gasteiger partial charge in [0.2, 0.25) is 5.82 Å². The number of carbonyl (C=O) groups excluding carboxylic acids is 1. The maximum absolute atomic E-state index is 12.6. The van der Waals surface area contributed by atoms with E-state index in [1.807, 2.05) is 25.8 Å². The Morgan fingerprint density at radius 2 is 2.30 bits per heavy atom. The van der Waals surface area contributed by atoms with Gasteiger partial charge in [-0.2, -0.15) is 0 Å². The van der Waals surface area contributed by atoms with E-state index in [2.05, 4.69) is 20.5 Å². The molecule has 1 fully saturated rings. The molecule has 2 N–H and O–H groups in total. The highest BCUT2D eigenvalue weighted by Gasteiger charge is 2.29. The molecule has 0 radical (unpaired) electrons. The summed E-state index contributed by atoms with van der Waals surface area (Å²) in [5, 5.41) is 10.1. The van der Waals surface area contributed by atoms with Crippen molar-refractivity contribution in [3.63, 3.8) is 0 Å². The Labute approximate surface area is 120 Å². The van der Waals surface area contributed by atoms with Gasteiger partial charge in [-0.05, 0) is 39.3 Å². The van der Waals surface area contributed by atoms with Crippen molar-refractivity contribution < 1.29 is 4.79 Å². The zero-order valence-corrected chi connectivity index (χ0v) is 12.6. The van der Waals surface area contributed by atoms with E-state index >= 15 is 0 Å². The molecule has 1 unspecified atom stereocenters. The third kappa shape index (κ3) is 3.36. The number of nitrogens with one attached hydrogen (secondary N) is 2. The van der Waals surface area contributed by atoms with E-state index in [1.165, 1.54) is 6.42 Å². The molecule has 1 aliphatic rings. The Morgan fingerprint density at radius 1 is 1.50 bits per heavy atom. The van der Waals surface area contributed by atoms with Gasteiger partial charge in [-0.25, -0.2) is 4.98 Å². The fraction of sp³-hybridized carbons (Fsp3) is 0.786. The van der Waals surface area contributed by atoms with Crippen LogP contribution in [-0.4, -0.2) is 52.2 Å². The first kappa shape index (κ1) is 15.0. The van der Waals surface area contributed by atoms with Crippen LogP contribution in [0.25, 0.3) is 0 Å². The van der Waals surface area contributed by atoms with Gasteiger partial charge in [0.1, 0.15) is 5.82 Å². The third-order valence-corrected chi connectivity index (χ3v) is 3.86. The smallest absolute Gasteiger partial charge is 0.293 e. The van der Waals surface area contributed by atoms with E-state index in [4.69, 9.17) is 0 Å². The first-order valence-corrected chi connectivity index (χ1v) is 7.51. The van der Waals surface area contributed by atoms with Crippen molar-refractivity contribution in [1.82, 2.24) is 25.4 Å². The summed E-state index contributed by atoms with van der Waals surface area (Å²) >= 11 is 0. The zero-order chi connectivity index (χ0) is 14.5. The Kier molecular flexibility index (Phi) is 5.11. The van der Waals surface area contributed by atoms with Crippen molar-refractivity contribution in [2.24, 2.45) is 0 Å². The van der Waals surface area contributed by atoms with Gasteiger partial charge < -0.3 is 10.2 Å². The molecule has 6 nitrogen and oxygen atoms in total. The number of piperidine rings is 1. The molecule has 20 heavy (non-hydrogen) atoms. The largest absolute Gasteiger partial charge is 0.333 e. The molecule has 1 aromatic heterocycles. The highest BCUT2D eigenvalue weighted by molar-refractivity contribution is 5.90.